The first-order chi connectivity index (χ1) is 16.0. The van der Waals surface area contributed by atoms with Crippen LogP contribution in [-0.4, -0.2) is 51.6 Å². The largest absolute Gasteiger partial charge is 0.506 e. The van der Waals surface area contributed by atoms with Crippen LogP contribution in [0, 0.1) is 6.92 Å². The SMILES string of the molecule is Cc1ccc2c(c1)c(C(=O)N1CCCN(c3ccc(O)cn3)CC1)c(-c1ccccc1)n2C. The monoisotopic (exact) mass is 440 g/mol. The summed E-state index contributed by atoms with van der Waals surface area (Å²) in [5.74, 6) is 1.06. The number of hydrogen-bond donors (Lipinski definition) is 1. The van der Waals surface area contributed by atoms with Gasteiger partial charge in [-0.05, 0) is 43.2 Å². The summed E-state index contributed by atoms with van der Waals surface area (Å²) in [7, 11) is 2.04. The van der Waals surface area contributed by atoms with Crippen molar-refractivity contribution in [2.45, 2.75) is 13.3 Å². The van der Waals surface area contributed by atoms with Crippen LogP contribution in [0.1, 0.15) is 22.3 Å². The summed E-state index contributed by atoms with van der Waals surface area (Å²) in [6, 6.07) is 20.0. The van der Waals surface area contributed by atoms with Crippen LogP contribution >= 0.6 is 0 Å². The number of rotatable bonds is 3. The number of carbonyl (C=O) groups excluding carboxylic acids is 1. The van der Waals surface area contributed by atoms with Crippen molar-refractivity contribution in [2.24, 2.45) is 7.05 Å². The minimum absolute atomic E-state index is 0.0746. The standard InChI is InChI=1S/C27H28N4O2/c1-19-9-11-23-22(17-19)25(26(29(23)2)20-7-4-3-5-8-20)27(33)31-14-6-13-30(15-16-31)24-12-10-21(32)18-28-24/h3-5,7-12,17-18,32H,6,13-16H2,1-2H3. The molecule has 4 aromatic rings. The molecule has 168 valence electrons. The highest BCUT2D eigenvalue weighted by Gasteiger charge is 2.28. The lowest BCUT2D eigenvalue weighted by Gasteiger charge is -2.23. The van der Waals surface area contributed by atoms with E-state index in [4.69, 9.17) is 0 Å². The van der Waals surface area contributed by atoms with Crippen LogP contribution in [0.15, 0.2) is 66.9 Å². The van der Waals surface area contributed by atoms with Crippen molar-refractivity contribution in [3.8, 4) is 17.0 Å². The molecule has 0 saturated carbocycles. The Balaban J connectivity index is 1.51. The molecule has 0 radical (unpaired) electrons. The third kappa shape index (κ3) is 3.93. The molecular formula is C27H28N4O2. The van der Waals surface area contributed by atoms with Gasteiger partial charge in [0.25, 0.3) is 5.91 Å². The molecule has 1 aliphatic rings. The van der Waals surface area contributed by atoms with E-state index in [1.165, 1.54) is 6.20 Å². The molecule has 5 rings (SSSR count). The predicted molar refractivity (Wildman–Crippen MR) is 132 cm³/mol. The zero-order chi connectivity index (χ0) is 22.9. The third-order valence-corrected chi connectivity index (χ3v) is 6.46. The van der Waals surface area contributed by atoms with Crippen molar-refractivity contribution in [1.82, 2.24) is 14.5 Å². The molecule has 1 saturated heterocycles. The van der Waals surface area contributed by atoms with Gasteiger partial charge in [0.15, 0.2) is 0 Å². The molecule has 0 spiro atoms. The number of fused-ring (bicyclic) bond motifs is 1. The molecule has 2 aromatic heterocycles. The fourth-order valence-electron chi connectivity index (χ4n) is 4.78. The van der Waals surface area contributed by atoms with E-state index < -0.39 is 0 Å². The first kappa shape index (κ1) is 21.1. The molecule has 0 atom stereocenters. The molecule has 1 aliphatic heterocycles. The number of carbonyl (C=O) groups is 1. The number of pyridine rings is 1. The smallest absolute Gasteiger partial charge is 0.256 e. The molecule has 1 amide bonds. The Morgan fingerprint density at radius 3 is 2.55 bits per heavy atom. The van der Waals surface area contributed by atoms with Gasteiger partial charge in [-0.3, -0.25) is 4.79 Å². The van der Waals surface area contributed by atoms with Crippen LogP contribution in [0.5, 0.6) is 5.75 Å². The highest BCUT2D eigenvalue weighted by atomic mass is 16.3. The summed E-state index contributed by atoms with van der Waals surface area (Å²) in [5, 5.41) is 10.5. The molecule has 0 aliphatic carbocycles. The Morgan fingerprint density at radius 2 is 1.79 bits per heavy atom. The minimum Gasteiger partial charge on any atom is -0.506 e. The second kappa shape index (κ2) is 8.62. The average Bonchev–Trinajstić information content (AvgIpc) is 2.97. The van der Waals surface area contributed by atoms with Crippen molar-refractivity contribution >= 4 is 22.6 Å². The third-order valence-electron chi connectivity index (χ3n) is 6.46. The maximum atomic E-state index is 14.0. The number of aromatic hydroxyl groups is 1. The van der Waals surface area contributed by atoms with Crippen LogP contribution in [0.4, 0.5) is 5.82 Å². The molecule has 3 heterocycles. The number of nitrogens with zero attached hydrogens (tertiary/aromatic N) is 4. The second-order valence-corrected chi connectivity index (χ2v) is 8.68. The number of aromatic nitrogens is 2. The molecule has 1 fully saturated rings. The topological polar surface area (TPSA) is 61.6 Å². The van der Waals surface area contributed by atoms with E-state index in [-0.39, 0.29) is 11.7 Å². The number of anilines is 1. The Bertz CT molecular complexity index is 1300. The second-order valence-electron chi connectivity index (χ2n) is 8.68. The first-order valence-corrected chi connectivity index (χ1v) is 11.4. The summed E-state index contributed by atoms with van der Waals surface area (Å²) < 4.78 is 2.14. The number of amides is 1. The first-order valence-electron chi connectivity index (χ1n) is 11.4. The minimum atomic E-state index is 0.0746. The van der Waals surface area contributed by atoms with Gasteiger partial charge in [-0.15, -0.1) is 0 Å². The molecule has 1 N–H and O–H groups in total. The lowest BCUT2D eigenvalue weighted by atomic mass is 10.0. The molecule has 2 aromatic carbocycles. The molecule has 0 bridgehead atoms. The summed E-state index contributed by atoms with van der Waals surface area (Å²) in [5.41, 5.74) is 4.98. The van der Waals surface area contributed by atoms with Gasteiger partial charge in [-0.25, -0.2) is 4.98 Å². The van der Waals surface area contributed by atoms with E-state index in [1.54, 1.807) is 6.07 Å². The zero-order valence-corrected chi connectivity index (χ0v) is 19.0. The van der Waals surface area contributed by atoms with Crippen LogP contribution in [0.25, 0.3) is 22.2 Å². The van der Waals surface area contributed by atoms with Gasteiger partial charge in [0.1, 0.15) is 11.6 Å². The lowest BCUT2D eigenvalue weighted by molar-refractivity contribution is 0.0769. The van der Waals surface area contributed by atoms with Crippen molar-refractivity contribution in [3.63, 3.8) is 0 Å². The Labute approximate surface area is 193 Å². The fraction of sp³-hybridized carbons (Fsp3) is 0.259. The van der Waals surface area contributed by atoms with Gasteiger partial charge in [0.2, 0.25) is 0 Å². The zero-order valence-electron chi connectivity index (χ0n) is 19.0. The van der Waals surface area contributed by atoms with E-state index in [0.29, 0.717) is 19.6 Å². The Morgan fingerprint density at radius 1 is 0.970 bits per heavy atom. The fourth-order valence-corrected chi connectivity index (χ4v) is 4.78. The van der Waals surface area contributed by atoms with E-state index >= 15 is 0 Å². The highest BCUT2D eigenvalue weighted by Crippen LogP contribution is 2.35. The maximum absolute atomic E-state index is 14.0. The summed E-state index contributed by atoms with van der Waals surface area (Å²) >= 11 is 0. The lowest BCUT2D eigenvalue weighted by Crippen LogP contribution is -2.35. The van der Waals surface area contributed by atoms with Crippen LogP contribution in [0.2, 0.25) is 0 Å². The van der Waals surface area contributed by atoms with Crippen molar-refractivity contribution < 1.29 is 9.90 Å². The summed E-state index contributed by atoms with van der Waals surface area (Å²) in [6.45, 7) is 4.91. The molecule has 6 heteroatoms. The van der Waals surface area contributed by atoms with Gasteiger partial charge in [-0.2, -0.15) is 0 Å². The van der Waals surface area contributed by atoms with E-state index in [2.05, 4.69) is 51.7 Å². The van der Waals surface area contributed by atoms with Crippen LogP contribution in [0.3, 0.4) is 0 Å². The van der Waals surface area contributed by atoms with Crippen molar-refractivity contribution in [1.29, 1.82) is 0 Å². The van der Waals surface area contributed by atoms with E-state index in [0.717, 1.165) is 52.1 Å². The predicted octanol–water partition coefficient (Wildman–Crippen LogP) is 4.61. The Hall–Kier alpha value is -3.80. The van der Waals surface area contributed by atoms with Gasteiger partial charge in [0, 0.05) is 44.1 Å². The summed E-state index contributed by atoms with van der Waals surface area (Å²) in [4.78, 5) is 22.5. The van der Waals surface area contributed by atoms with Crippen molar-refractivity contribution in [3.05, 3.63) is 78.0 Å². The average molecular weight is 441 g/mol. The molecular weight excluding hydrogens is 412 g/mol. The molecule has 6 nitrogen and oxygen atoms in total. The number of hydrogen-bond acceptors (Lipinski definition) is 4. The van der Waals surface area contributed by atoms with E-state index in [1.807, 2.05) is 36.2 Å². The number of benzene rings is 2. The van der Waals surface area contributed by atoms with Crippen molar-refractivity contribution in [2.75, 3.05) is 31.1 Å². The van der Waals surface area contributed by atoms with Crippen LogP contribution in [-0.2, 0) is 7.05 Å². The number of aryl methyl sites for hydroxylation is 2. The maximum Gasteiger partial charge on any atom is 0.256 e. The van der Waals surface area contributed by atoms with Gasteiger partial charge in [-0.1, -0.05) is 42.0 Å². The molecule has 0 unspecified atom stereocenters. The van der Waals surface area contributed by atoms with Crippen LogP contribution < -0.4 is 4.90 Å². The van der Waals surface area contributed by atoms with E-state index in [9.17, 15) is 9.90 Å². The molecule has 33 heavy (non-hydrogen) atoms. The van der Waals surface area contributed by atoms with Gasteiger partial charge in [0.05, 0.1) is 17.5 Å². The normalized spacial score (nSPS) is 14.5. The Kier molecular flexibility index (Phi) is 5.50. The van der Waals surface area contributed by atoms with Gasteiger partial charge >= 0.3 is 0 Å². The highest BCUT2D eigenvalue weighted by molar-refractivity contribution is 6.13. The quantitative estimate of drug-likeness (QED) is 0.506. The van der Waals surface area contributed by atoms with Gasteiger partial charge < -0.3 is 19.5 Å². The summed E-state index contributed by atoms with van der Waals surface area (Å²) in [6.07, 6.45) is 2.33.